The number of barbiturate groups is 1. The number of hydrogen-bond acceptors (Lipinski definition) is 4. The predicted octanol–water partition coefficient (Wildman–Crippen LogP) is 5.45. The number of anilines is 1. The lowest BCUT2D eigenvalue weighted by Gasteiger charge is -2.27. The summed E-state index contributed by atoms with van der Waals surface area (Å²) >= 11 is 3.44. The molecular weight excluding hydrogens is 503 g/mol. The van der Waals surface area contributed by atoms with Crippen molar-refractivity contribution in [3.63, 3.8) is 0 Å². The van der Waals surface area contributed by atoms with Crippen molar-refractivity contribution in [1.29, 1.82) is 0 Å². The first-order valence-electron chi connectivity index (χ1n) is 10.4. The summed E-state index contributed by atoms with van der Waals surface area (Å²) in [6.45, 7) is 3.97. The Balaban J connectivity index is 1.57. The van der Waals surface area contributed by atoms with Crippen LogP contribution in [0.2, 0.25) is 0 Å². The monoisotopic (exact) mass is 522 g/mol. The second kappa shape index (κ2) is 9.61. The molecule has 8 heteroatoms. The molecule has 1 fully saturated rings. The first kappa shape index (κ1) is 23.4. The van der Waals surface area contributed by atoms with Gasteiger partial charge in [-0.05, 0) is 94.5 Å². The maximum absolute atomic E-state index is 13.1. The maximum Gasteiger partial charge on any atom is 0.335 e. The van der Waals surface area contributed by atoms with Gasteiger partial charge in [0.1, 0.15) is 23.7 Å². The molecule has 4 rings (SSSR count). The number of halogens is 2. The van der Waals surface area contributed by atoms with Gasteiger partial charge in [0.2, 0.25) is 0 Å². The lowest BCUT2D eigenvalue weighted by molar-refractivity contribution is -0.122. The zero-order chi connectivity index (χ0) is 24.4. The number of carbonyl (C=O) groups is 3. The molecule has 0 saturated carbocycles. The third kappa shape index (κ3) is 5.07. The van der Waals surface area contributed by atoms with Gasteiger partial charge in [-0.15, -0.1) is 0 Å². The summed E-state index contributed by atoms with van der Waals surface area (Å²) in [5.74, 6) is -1.24. The second-order valence-electron chi connectivity index (χ2n) is 7.91. The van der Waals surface area contributed by atoms with Crippen LogP contribution >= 0.6 is 15.9 Å². The van der Waals surface area contributed by atoms with Gasteiger partial charge in [0.05, 0.1) is 10.2 Å². The van der Waals surface area contributed by atoms with E-state index in [0.717, 1.165) is 21.6 Å². The van der Waals surface area contributed by atoms with E-state index >= 15 is 0 Å². The average molecular weight is 523 g/mol. The Kier molecular flexibility index (Phi) is 6.61. The van der Waals surface area contributed by atoms with E-state index in [1.54, 1.807) is 42.5 Å². The molecule has 34 heavy (non-hydrogen) atoms. The van der Waals surface area contributed by atoms with Crippen LogP contribution in [-0.2, 0) is 16.2 Å². The predicted molar refractivity (Wildman–Crippen MR) is 130 cm³/mol. The first-order chi connectivity index (χ1) is 16.2. The number of urea groups is 1. The second-order valence-corrected chi connectivity index (χ2v) is 8.76. The van der Waals surface area contributed by atoms with E-state index in [4.69, 9.17) is 4.74 Å². The molecule has 3 aromatic carbocycles. The van der Waals surface area contributed by atoms with Crippen LogP contribution in [0.5, 0.6) is 5.75 Å². The SMILES string of the molecule is Cc1cc(C)cc(N2C(=O)NC(=O)C(=Cc3ccc(OCc4ccc(F)cc4)c(Br)c3)C2=O)c1. The molecule has 1 aliphatic rings. The number of rotatable bonds is 5. The highest BCUT2D eigenvalue weighted by atomic mass is 79.9. The molecule has 0 bridgehead atoms. The summed E-state index contributed by atoms with van der Waals surface area (Å²) in [5.41, 5.74) is 3.38. The van der Waals surface area contributed by atoms with Crippen molar-refractivity contribution in [2.45, 2.75) is 20.5 Å². The van der Waals surface area contributed by atoms with Crippen LogP contribution in [0.1, 0.15) is 22.3 Å². The molecule has 0 unspecified atom stereocenters. The number of hydrogen-bond donors (Lipinski definition) is 1. The number of nitrogens with zero attached hydrogens (tertiary/aromatic N) is 1. The molecular formula is C26H20BrFN2O4. The minimum atomic E-state index is -0.789. The number of carbonyl (C=O) groups excluding carboxylic acids is 3. The molecule has 3 aromatic rings. The summed E-state index contributed by atoms with van der Waals surface area (Å²) in [6, 6.07) is 15.6. The minimum Gasteiger partial charge on any atom is -0.488 e. The normalized spacial score (nSPS) is 15.0. The fourth-order valence-electron chi connectivity index (χ4n) is 3.60. The molecule has 1 N–H and O–H groups in total. The molecule has 0 atom stereocenters. The number of imide groups is 2. The van der Waals surface area contributed by atoms with Crippen LogP contribution in [0.15, 0.2) is 70.7 Å². The molecule has 1 aliphatic heterocycles. The van der Waals surface area contributed by atoms with Crippen LogP contribution in [0.25, 0.3) is 6.08 Å². The molecule has 0 spiro atoms. The van der Waals surface area contributed by atoms with Gasteiger partial charge in [-0.3, -0.25) is 14.9 Å². The Hall–Kier alpha value is -3.78. The van der Waals surface area contributed by atoms with E-state index in [1.165, 1.54) is 18.2 Å². The van der Waals surface area contributed by atoms with Crippen molar-refractivity contribution in [2.75, 3.05) is 4.90 Å². The van der Waals surface area contributed by atoms with Crippen molar-refractivity contribution in [3.8, 4) is 5.75 Å². The van der Waals surface area contributed by atoms with E-state index in [2.05, 4.69) is 21.2 Å². The van der Waals surface area contributed by atoms with Gasteiger partial charge in [-0.1, -0.05) is 24.3 Å². The molecule has 0 radical (unpaired) electrons. The van der Waals surface area contributed by atoms with E-state index in [9.17, 15) is 18.8 Å². The summed E-state index contributed by atoms with van der Waals surface area (Å²) in [4.78, 5) is 39.0. The number of aryl methyl sites for hydroxylation is 2. The van der Waals surface area contributed by atoms with Gasteiger partial charge >= 0.3 is 6.03 Å². The Morgan fingerprint density at radius 3 is 2.29 bits per heavy atom. The lowest BCUT2D eigenvalue weighted by Crippen LogP contribution is -2.54. The molecule has 4 amide bonds. The van der Waals surface area contributed by atoms with Gasteiger partial charge in [0.15, 0.2) is 0 Å². The van der Waals surface area contributed by atoms with Crippen LogP contribution < -0.4 is 15.0 Å². The first-order valence-corrected chi connectivity index (χ1v) is 11.2. The smallest absolute Gasteiger partial charge is 0.335 e. The molecule has 172 valence electrons. The third-order valence-corrected chi connectivity index (χ3v) is 5.76. The topological polar surface area (TPSA) is 75.7 Å². The van der Waals surface area contributed by atoms with Crippen molar-refractivity contribution in [3.05, 3.63) is 98.8 Å². The molecule has 1 heterocycles. The zero-order valence-corrected chi connectivity index (χ0v) is 20.0. The number of ether oxygens (including phenoxy) is 1. The maximum atomic E-state index is 13.1. The summed E-state index contributed by atoms with van der Waals surface area (Å²) in [5, 5.41) is 2.23. The zero-order valence-electron chi connectivity index (χ0n) is 18.4. The van der Waals surface area contributed by atoms with Crippen LogP contribution in [0, 0.1) is 19.7 Å². The number of benzene rings is 3. The van der Waals surface area contributed by atoms with E-state index in [0.29, 0.717) is 21.5 Å². The highest BCUT2D eigenvalue weighted by Gasteiger charge is 2.37. The Morgan fingerprint density at radius 2 is 1.65 bits per heavy atom. The van der Waals surface area contributed by atoms with Crippen LogP contribution in [-0.4, -0.2) is 17.8 Å². The summed E-state index contributed by atoms with van der Waals surface area (Å²) < 4.78 is 19.4. The lowest BCUT2D eigenvalue weighted by atomic mass is 10.1. The quantitative estimate of drug-likeness (QED) is 0.357. The highest BCUT2D eigenvalue weighted by Crippen LogP contribution is 2.29. The molecule has 6 nitrogen and oxygen atoms in total. The van der Waals surface area contributed by atoms with Gasteiger partial charge in [0.25, 0.3) is 11.8 Å². The van der Waals surface area contributed by atoms with Gasteiger partial charge in [0, 0.05) is 0 Å². The van der Waals surface area contributed by atoms with E-state index in [-0.39, 0.29) is 18.0 Å². The number of amides is 4. The van der Waals surface area contributed by atoms with Crippen molar-refractivity contribution in [2.24, 2.45) is 0 Å². The van der Waals surface area contributed by atoms with Gasteiger partial charge in [-0.2, -0.15) is 0 Å². The van der Waals surface area contributed by atoms with Crippen LogP contribution in [0.4, 0.5) is 14.9 Å². The summed E-state index contributed by atoms with van der Waals surface area (Å²) in [6.07, 6.45) is 1.42. The molecule has 0 aromatic heterocycles. The van der Waals surface area contributed by atoms with E-state index in [1.807, 2.05) is 19.9 Å². The highest BCUT2D eigenvalue weighted by molar-refractivity contribution is 9.10. The van der Waals surface area contributed by atoms with E-state index < -0.39 is 17.8 Å². The Morgan fingerprint density at radius 1 is 0.971 bits per heavy atom. The minimum absolute atomic E-state index is 0.161. The van der Waals surface area contributed by atoms with Gasteiger partial charge in [-0.25, -0.2) is 14.1 Å². The van der Waals surface area contributed by atoms with Gasteiger partial charge < -0.3 is 4.74 Å². The number of nitrogens with one attached hydrogen (secondary N) is 1. The fraction of sp³-hybridized carbons (Fsp3) is 0.115. The summed E-state index contributed by atoms with van der Waals surface area (Å²) in [7, 11) is 0. The molecule has 1 saturated heterocycles. The van der Waals surface area contributed by atoms with Crippen molar-refractivity contribution in [1.82, 2.24) is 5.32 Å². The Labute approximate surface area is 204 Å². The molecule has 0 aliphatic carbocycles. The Bertz CT molecular complexity index is 1310. The third-order valence-electron chi connectivity index (χ3n) is 5.14. The van der Waals surface area contributed by atoms with Crippen molar-refractivity contribution >= 4 is 45.5 Å². The fourth-order valence-corrected chi connectivity index (χ4v) is 4.11. The largest absolute Gasteiger partial charge is 0.488 e. The van der Waals surface area contributed by atoms with Crippen molar-refractivity contribution < 1.29 is 23.5 Å². The standard InChI is InChI=1S/C26H20BrFN2O4/c1-15-9-16(2)11-20(10-15)30-25(32)21(24(31)29-26(30)33)12-18-5-8-23(22(27)13-18)34-14-17-3-6-19(28)7-4-17/h3-13H,14H2,1-2H3,(H,29,31,33). The average Bonchev–Trinajstić information content (AvgIpc) is 2.76. The van der Waals surface area contributed by atoms with Crippen LogP contribution in [0.3, 0.4) is 0 Å².